The molecule has 2 N–H and O–H groups in total. The van der Waals surface area contributed by atoms with E-state index in [9.17, 15) is 9.59 Å². The fourth-order valence-electron chi connectivity index (χ4n) is 2.42. The number of aryl methyl sites for hydroxylation is 1. The summed E-state index contributed by atoms with van der Waals surface area (Å²) in [5.74, 6) is -0.237. The summed E-state index contributed by atoms with van der Waals surface area (Å²) in [6.07, 6.45) is 0. The van der Waals surface area contributed by atoms with Gasteiger partial charge in [-0.1, -0.05) is 0 Å². The van der Waals surface area contributed by atoms with Crippen LogP contribution in [-0.2, 0) is 4.74 Å². The van der Waals surface area contributed by atoms with Gasteiger partial charge in [-0.2, -0.15) is 0 Å². The molecule has 0 spiro atoms. The molecule has 0 bridgehead atoms. The van der Waals surface area contributed by atoms with Crippen molar-refractivity contribution in [3.05, 3.63) is 52.5 Å². The number of nitrogens with zero attached hydrogens (tertiary/aromatic N) is 1. The molecule has 134 valence electrons. The Labute approximate surface area is 154 Å². The minimum absolute atomic E-state index is 0.262. The van der Waals surface area contributed by atoms with Crippen LogP contribution in [0.3, 0.4) is 0 Å². The highest BCUT2D eigenvalue weighted by Crippen LogP contribution is 2.33. The van der Waals surface area contributed by atoms with Crippen molar-refractivity contribution in [2.75, 3.05) is 18.9 Å². The van der Waals surface area contributed by atoms with Crippen LogP contribution in [0.4, 0.5) is 5.69 Å². The maximum atomic E-state index is 12.3. The monoisotopic (exact) mass is 370 g/mol. The van der Waals surface area contributed by atoms with Crippen LogP contribution in [0.15, 0.2) is 36.4 Å². The number of ketones is 1. The smallest absolute Gasteiger partial charge is 0.350 e. The molecule has 0 unspecified atom stereocenters. The molecule has 0 aliphatic rings. The summed E-state index contributed by atoms with van der Waals surface area (Å²) in [5.41, 5.74) is 7.64. The fourth-order valence-corrected chi connectivity index (χ4v) is 3.46. The van der Waals surface area contributed by atoms with E-state index in [2.05, 4.69) is 4.98 Å². The molecule has 0 saturated carbocycles. The van der Waals surface area contributed by atoms with Crippen LogP contribution in [0.2, 0.25) is 0 Å². The maximum absolute atomic E-state index is 12.3. The van der Waals surface area contributed by atoms with E-state index in [0.717, 1.165) is 17.0 Å². The molecule has 0 atom stereocenters. The number of carbonyl (C=O) groups is 2. The second-order valence-electron chi connectivity index (χ2n) is 5.61. The predicted octanol–water partition coefficient (Wildman–Crippen LogP) is 3.63. The third kappa shape index (κ3) is 3.67. The number of benzene rings is 1. The topological polar surface area (TPSA) is 91.5 Å². The number of ether oxygens (including phenoxy) is 2. The Morgan fingerprint density at radius 1 is 1.15 bits per heavy atom. The molecule has 0 fully saturated rings. The lowest BCUT2D eigenvalue weighted by Gasteiger charge is -2.05. The standard InChI is InChI=1S/C19H18N2O4S/c1-3-24-13-7-5-12(6-8-13)15(22)10-25-19(23)17-16(20)14-9-4-11(2)21-18(14)26-17/h4-9H,3,10,20H2,1-2H3. The first kappa shape index (κ1) is 17.9. The molecule has 3 rings (SSSR count). The van der Waals surface area contributed by atoms with Crippen molar-refractivity contribution in [2.24, 2.45) is 0 Å². The summed E-state index contributed by atoms with van der Waals surface area (Å²) in [4.78, 5) is 29.8. The van der Waals surface area contributed by atoms with E-state index in [1.54, 1.807) is 24.3 Å². The molecule has 2 heterocycles. The number of rotatable bonds is 6. The summed E-state index contributed by atoms with van der Waals surface area (Å²) in [7, 11) is 0. The molecule has 3 aromatic rings. The average molecular weight is 370 g/mol. The van der Waals surface area contributed by atoms with Crippen LogP contribution in [-0.4, -0.2) is 30.0 Å². The number of anilines is 1. The zero-order valence-corrected chi connectivity index (χ0v) is 15.3. The van der Waals surface area contributed by atoms with Crippen LogP contribution in [0.25, 0.3) is 10.2 Å². The Morgan fingerprint density at radius 3 is 2.58 bits per heavy atom. The number of carbonyl (C=O) groups excluding carboxylic acids is 2. The third-order valence-corrected chi connectivity index (χ3v) is 4.84. The van der Waals surface area contributed by atoms with Gasteiger partial charge in [0.25, 0.3) is 0 Å². The number of hydrogen-bond acceptors (Lipinski definition) is 7. The van der Waals surface area contributed by atoms with Gasteiger partial charge in [0, 0.05) is 16.6 Å². The number of aromatic nitrogens is 1. The molecular formula is C19H18N2O4S. The van der Waals surface area contributed by atoms with Crippen molar-refractivity contribution in [2.45, 2.75) is 13.8 Å². The maximum Gasteiger partial charge on any atom is 0.350 e. The molecule has 0 amide bonds. The Kier molecular flexibility index (Phi) is 5.18. The van der Waals surface area contributed by atoms with E-state index >= 15 is 0 Å². The van der Waals surface area contributed by atoms with E-state index in [0.29, 0.717) is 33.8 Å². The van der Waals surface area contributed by atoms with E-state index in [-0.39, 0.29) is 17.3 Å². The Hall–Kier alpha value is -2.93. The van der Waals surface area contributed by atoms with Crippen LogP contribution in [0, 0.1) is 6.92 Å². The molecule has 0 aliphatic heterocycles. The predicted molar refractivity (Wildman–Crippen MR) is 101 cm³/mol. The van der Waals surface area contributed by atoms with Gasteiger partial charge in [0.15, 0.2) is 12.4 Å². The molecule has 0 radical (unpaired) electrons. The van der Waals surface area contributed by atoms with Crippen molar-refractivity contribution >= 4 is 39.0 Å². The summed E-state index contributed by atoms with van der Waals surface area (Å²) in [6, 6.07) is 10.3. The van der Waals surface area contributed by atoms with Gasteiger partial charge in [-0.3, -0.25) is 4.79 Å². The second kappa shape index (κ2) is 7.53. The number of esters is 1. The lowest BCUT2D eigenvalue weighted by atomic mass is 10.1. The number of Topliss-reactive ketones (excluding diaryl/α,β-unsaturated/α-hetero) is 1. The number of thiophene rings is 1. The Bertz CT molecular complexity index is 964. The number of fused-ring (bicyclic) bond motifs is 1. The van der Waals surface area contributed by atoms with Crippen molar-refractivity contribution in [3.8, 4) is 5.75 Å². The highest BCUT2D eigenvalue weighted by Gasteiger charge is 2.20. The van der Waals surface area contributed by atoms with Gasteiger partial charge >= 0.3 is 5.97 Å². The van der Waals surface area contributed by atoms with Gasteiger partial charge in [0.1, 0.15) is 15.5 Å². The molecule has 6 nitrogen and oxygen atoms in total. The van der Waals surface area contributed by atoms with E-state index in [1.807, 2.05) is 26.0 Å². The lowest BCUT2D eigenvalue weighted by molar-refractivity contribution is 0.0480. The van der Waals surface area contributed by atoms with Crippen LogP contribution in [0.1, 0.15) is 32.6 Å². The van der Waals surface area contributed by atoms with Gasteiger partial charge in [-0.25, -0.2) is 9.78 Å². The van der Waals surface area contributed by atoms with E-state index in [4.69, 9.17) is 15.2 Å². The van der Waals surface area contributed by atoms with Crippen LogP contribution >= 0.6 is 11.3 Å². The first-order valence-corrected chi connectivity index (χ1v) is 8.90. The minimum Gasteiger partial charge on any atom is -0.494 e. The van der Waals surface area contributed by atoms with E-state index < -0.39 is 5.97 Å². The molecular weight excluding hydrogens is 352 g/mol. The van der Waals surface area contributed by atoms with Crippen molar-refractivity contribution in [3.63, 3.8) is 0 Å². The molecule has 0 aliphatic carbocycles. The summed E-state index contributed by atoms with van der Waals surface area (Å²) in [6.45, 7) is 3.95. The minimum atomic E-state index is -0.623. The zero-order chi connectivity index (χ0) is 18.7. The number of hydrogen-bond donors (Lipinski definition) is 1. The van der Waals surface area contributed by atoms with Gasteiger partial charge < -0.3 is 15.2 Å². The highest BCUT2D eigenvalue weighted by molar-refractivity contribution is 7.21. The van der Waals surface area contributed by atoms with Gasteiger partial charge in [0.05, 0.1) is 12.3 Å². The largest absolute Gasteiger partial charge is 0.494 e. The summed E-state index contributed by atoms with van der Waals surface area (Å²) in [5, 5.41) is 0.713. The van der Waals surface area contributed by atoms with Crippen molar-refractivity contribution < 1.29 is 19.1 Å². The zero-order valence-electron chi connectivity index (χ0n) is 14.4. The van der Waals surface area contributed by atoms with Crippen LogP contribution in [0.5, 0.6) is 5.75 Å². The van der Waals surface area contributed by atoms with Crippen molar-refractivity contribution in [1.82, 2.24) is 4.98 Å². The summed E-state index contributed by atoms with van der Waals surface area (Å²) >= 11 is 1.16. The number of pyridine rings is 1. The van der Waals surface area contributed by atoms with Gasteiger partial charge in [-0.15, -0.1) is 11.3 Å². The molecule has 2 aromatic heterocycles. The van der Waals surface area contributed by atoms with Crippen molar-refractivity contribution in [1.29, 1.82) is 0 Å². The second-order valence-corrected chi connectivity index (χ2v) is 6.61. The SMILES string of the molecule is CCOc1ccc(C(=O)COC(=O)c2sc3nc(C)ccc3c2N)cc1. The summed E-state index contributed by atoms with van der Waals surface area (Å²) < 4.78 is 10.5. The fraction of sp³-hybridized carbons (Fsp3) is 0.211. The van der Waals surface area contributed by atoms with Gasteiger partial charge in [0.2, 0.25) is 0 Å². The van der Waals surface area contributed by atoms with E-state index in [1.165, 1.54) is 0 Å². The molecule has 0 saturated heterocycles. The van der Waals surface area contributed by atoms with Gasteiger partial charge in [-0.05, 0) is 50.2 Å². The normalized spacial score (nSPS) is 10.7. The Morgan fingerprint density at radius 2 is 1.88 bits per heavy atom. The quantitative estimate of drug-likeness (QED) is 0.526. The Balaban J connectivity index is 1.68. The average Bonchev–Trinajstić information content (AvgIpc) is 2.96. The number of nitrogens with two attached hydrogens (primary N) is 1. The molecule has 1 aromatic carbocycles. The number of nitrogen functional groups attached to an aromatic ring is 1. The lowest BCUT2D eigenvalue weighted by Crippen LogP contribution is -2.14. The first-order chi connectivity index (χ1) is 12.5. The highest BCUT2D eigenvalue weighted by atomic mass is 32.1. The third-order valence-electron chi connectivity index (χ3n) is 3.74. The molecule has 26 heavy (non-hydrogen) atoms. The van der Waals surface area contributed by atoms with Crippen LogP contribution < -0.4 is 10.5 Å². The first-order valence-electron chi connectivity index (χ1n) is 8.08. The molecule has 7 heteroatoms.